The van der Waals surface area contributed by atoms with Crippen molar-refractivity contribution < 1.29 is 9.52 Å². The van der Waals surface area contributed by atoms with Gasteiger partial charge in [-0.25, -0.2) is 4.99 Å². The Labute approximate surface area is 186 Å². The van der Waals surface area contributed by atoms with Crippen molar-refractivity contribution in [3.05, 3.63) is 59.5 Å². The summed E-state index contributed by atoms with van der Waals surface area (Å²) >= 11 is 0. The van der Waals surface area contributed by atoms with Crippen LogP contribution in [0.15, 0.2) is 51.9 Å². The Bertz CT molecular complexity index is 810. The number of rotatable bonds is 9. The van der Waals surface area contributed by atoms with E-state index < -0.39 is 5.60 Å². The van der Waals surface area contributed by atoms with Gasteiger partial charge in [-0.05, 0) is 38.5 Å². The maximum atomic E-state index is 10.7. The van der Waals surface area contributed by atoms with Gasteiger partial charge in [-0.15, -0.1) is 0 Å². The first-order chi connectivity index (χ1) is 15.0. The Kier molecular flexibility index (Phi) is 8.51. The van der Waals surface area contributed by atoms with Crippen molar-refractivity contribution >= 4 is 5.96 Å². The molecule has 1 saturated heterocycles. The van der Waals surface area contributed by atoms with Crippen LogP contribution < -0.4 is 10.6 Å². The van der Waals surface area contributed by atoms with E-state index in [9.17, 15) is 5.11 Å². The maximum absolute atomic E-state index is 10.7. The highest BCUT2D eigenvalue weighted by Crippen LogP contribution is 2.23. The predicted molar refractivity (Wildman–Crippen MR) is 125 cm³/mol. The van der Waals surface area contributed by atoms with Crippen LogP contribution in [0.1, 0.15) is 30.9 Å². The third-order valence-electron chi connectivity index (χ3n) is 5.59. The van der Waals surface area contributed by atoms with Gasteiger partial charge in [-0.1, -0.05) is 30.3 Å². The van der Waals surface area contributed by atoms with Crippen molar-refractivity contribution in [3.63, 3.8) is 0 Å². The number of guanidine groups is 1. The summed E-state index contributed by atoms with van der Waals surface area (Å²) in [5.74, 6) is 2.04. The first kappa shape index (κ1) is 23.3. The Morgan fingerprint density at radius 2 is 1.77 bits per heavy atom. The molecule has 7 nitrogen and oxygen atoms in total. The minimum absolute atomic E-state index is 0.230. The molecular weight excluding hydrogens is 390 g/mol. The fourth-order valence-electron chi connectivity index (χ4n) is 3.72. The summed E-state index contributed by atoms with van der Waals surface area (Å²) < 4.78 is 5.58. The number of hydrogen-bond donors (Lipinski definition) is 3. The fraction of sp³-hybridized carbons (Fsp3) is 0.542. The molecule has 0 radical (unpaired) electrons. The second-order valence-electron chi connectivity index (χ2n) is 8.41. The van der Waals surface area contributed by atoms with Gasteiger partial charge in [0.15, 0.2) is 5.96 Å². The molecule has 1 aromatic carbocycles. The first-order valence-corrected chi connectivity index (χ1v) is 11.3. The van der Waals surface area contributed by atoms with Gasteiger partial charge in [-0.2, -0.15) is 0 Å². The molecule has 1 atom stereocenters. The van der Waals surface area contributed by atoms with Gasteiger partial charge < -0.3 is 20.2 Å². The molecule has 3 rings (SSSR count). The van der Waals surface area contributed by atoms with Gasteiger partial charge in [0.25, 0.3) is 0 Å². The molecule has 1 aliphatic rings. The number of aliphatic hydroxyl groups is 1. The van der Waals surface area contributed by atoms with Crippen LogP contribution in [0.25, 0.3) is 0 Å². The van der Waals surface area contributed by atoms with E-state index in [4.69, 9.17) is 4.42 Å². The summed E-state index contributed by atoms with van der Waals surface area (Å²) in [5.41, 5.74) is 0.246. The average Bonchev–Trinajstić information content (AvgIpc) is 3.21. The van der Waals surface area contributed by atoms with E-state index in [1.54, 1.807) is 6.92 Å². The van der Waals surface area contributed by atoms with Crippen LogP contribution in [0.2, 0.25) is 0 Å². The van der Waals surface area contributed by atoms with Crippen LogP contribution in [0.4, 0.5) is 0 Å². The molecule has 0 spiro atoms. The molecular formula is C24H37N5O2. The zero-order chi connectivity index (χ0) is 22.1. The van der Waals surface area contributed by atoms with Crippen LogP contribution in [-0.4, -0.2) is 73.2 Å². The van der Waals surface area contributed by atoms with Crippen LogP contribution in [0.3, 0.4) is 0 Å². The highest BCUT2D eigenvalue weighted by molar-refractivity contribution is 5.79. The highest BCUT2D eigenvalue weighted by Gasteiger charge is 2.26. The van der Waals surface area contributed by atoms with E-state index in [1.807, 2.05) is 26.0 Å². The third kappa shape index (κ3) is 7.38. The molecule has 0 saturated carbocycles. The lowest BCUT2D eigenvalue weighted by molar-refractivity contribution is 0.0428. The van der Waals surface area contributed by atoms with Gasteiger partial charge in [0.1, 0.15) is 17.1 Å². The lowest BCUT2D eigenvalue weighted by Gasteiger charge is -2.34. The van der Waals surface area contributed by atoms with Crippen molar-refractivity contribution in [2.24, 2.45) is 4.99 Å². The van der Waals surface area contributed by atoms with Gasteiger partial charge in [0.05, 0.1) is 6.54 Å². The van der Waals surface area contributed by atoms with Crippen LogP contribution in [0, 0.1) is 6.92 Å². The molecule has 1 aromatic heterocycles. The van der Waals surface area contributed by atoms with Crippen molar-refractivity contribution in [1.82, 2.24) is 20.4 Å². The molecule has 1 fully saturated rings. The number of benzene rings is 1. The maximum Gasteiger partial charge on any atom is 0.191 e. The second kappa shape index (κ2) is 11.3. The fourth-order valence-corrected chi connectivity index (χ4v) is 3.72. The number of aliphatic imine (C=N–C) groups is 1. The minimum Gasteiger partial charge on any atom is -0.463 e. The molecule has 31 heavy (non-hydrogen) atoms. The molecule has 0 amide bonds. The van der Waals surface area contributed by atoms with Crippen molar-refractivity contribution in [3.8, 4) is 0 Å². The molecule has 1 unspecified atom stereocenters. The van der Waals surface area contributed by atoms with Crippen molar-refractivity contribution in [2.75, 3.05) is 52.4 Å². The Morgan fingerprint density at radius 3 is 2.42 bits per heavy atom. The number of piperazine rings is 1. The lowest BCUT2D eigenvalue weighted by atomic mass is 10.0. The highest BCUT2D eigenvalue weighted by atomic mass is 16.4. The van der Waals surface area contributed by atoms with Crippen LogP contribution in [0.5, 0.6) is 0 Å². The monoisotopic (exact) mass is 427 g/mol. The van der Waals surface area contributed by atoms with Gasteiger partial charge in [0.2, 0.25) is 0 Å². The number of aryl methyl sites for hydroxylation is 1. The summed E-state index contributed by atoms with van der Waals surface area (Å²) in [5, 5.41) is 17.4. The number of hydrogen-bond acceptors (Lipinski definition) is 5. The van der Waals surface area contributed by atoms with Gasteiger partial charge in [0, 0.05) is 52.4 Å². The van der Waals surface area contributed by atoms with E-state index in [0.29, 0.717) is 11.7 Å². The molecule has 2 heterocycles. The standard InChI is InChI=1S/C24H37N5O2/c1-4-25-23(27-19-24(3,30)22-11-10-20(2)31-22)26-12-13-28-14-16-29(17-15-28)18-21-8-6-5-7-9-21/h5-11,30H,4,12-19H2,1-3H3,(H2,25,26,27). The number of nitrogens with zero attached hydrogens (tertiary/aromatic N) is 3. The first-order valence-electron chi connectivity index (χ1n) is 11.3. The molecule has 7 heteroatoms. The topological polar surface area (TPSA) is 76.3 Å². The van der Waals surface area contributed by atoms with Gasteiger partial charge >= 0.3 is 0 Å². The summed E-state index contributed by atoms with van der Waals surface area (Å²) in [6.45, 7) is 13.8. The van der Waals surface area contributed by atoms with Crippen molar-refractivity contribution in [2.45, 2.75) is 32.9 Å². The summed E-state index contributed by atoms with van der Waals surface area (Å²) in [4.78, 5) is 9.57. The molecule has 170 valence electrons. The second-order valence-corrected chi connectivity index (χ2v) is 8.41. The molecule has 1 aliphatic heterocycles. The number of furan rings is 1. The van der Waals surface area contributed by atoms with E-state index in [2.05, 4.69) is 55.8 Å². The quantitative estimate of drug-likeness (QED) is 0.421. The van der Waals surface area contributed by atoms with Crippen LogP contribution in [-0.2, 0) is 12.1 Å². The zero-order valence-corrected chi connectivity index (χ0v) is 19.1. The average molecular weight is 428 g/mol. The third-order valence-corrected chi connectivity index (χ3v) is 5.59. The van der Waals surface area contributed by atoms with Gasteiger partial charge in [-0.3, -0.25) is 9.80 Å². The molecule has 2 aromatic rings. The normalized spacial score (nSPS) is 18.0. The van der Waals surface area contributed by atoms with E-state index in [0.717, 1.165) is 58.1 Å². The minimum atomic E-state index is -1.13. The molecule has 3 N–H and O–H groups in total. The predicted octanol–water partition coefficient (Wildman–Crippen LogP) is 2.17. The smallest absolute Gasteiger partial charge is 0.191 e. The lowest BCUT2D eigenvalue weighted by Crippen LogP contribution is -2.49. The molecule has 0 bridgehead atoms. The van der Waals surface area contributed by atoms with Crippen molar-refractivity contribution in [1.29, 1.82) is 0 Å². The Hall–Kier alpha value is -2.35. The van der Waals surface area contributed by atoms with E-state index >= 15 is 0 Å². The number of nitrogens with one attached hydrogen (secondary N) is 2. The zero-order valence-electron chi connectivity index (χ0n) is 19.1. The summed E-state index contributed by atoms with van der Waals surface area (Å²) in [6, 6.07) is 14.3. The SMILES string of the molecule is CCNC(=NCC(C)(O)c1ccc(C)o1)NCCN1CCN(Cc2ccccc2)CC1. The van der Waals surface area contributed by atoms with E-state index in [-0.39, 0.29) is 6.54 Å². The largest absolute Gasteiger partial charge is 0.463 e. The molecule has 0 aliphatic carbocycles. The van der Waals surface area contributed by atoms with E-state index in [1.165, 1.54) is 5.56 Å². The summed E-state index contributed by atoms with van der Waals surface area (Å²) in [7, 11) is 0. The summed E-state index contributed by atoms with van der Waals surface area (Å²) in [6.07, 6.45) is 0. The van der Waals surface area contributed by atoms with Crippen LogP contribution >= 0.6 is 0 Å². The Morgan fingerprint density at radius 1 is 1.06 bits per heavy atom. The Balaban J connectivity index is 1.41.